The van der Waals surface area contributed by atoms with Crippen LogP contribution >= 0.6 is 0 Å². The van der Waals surface area contributed by atoms with Crippen LogP contribution in [0.4, 0.5) is 0 Å². The fourth-order valence-electron chi connectivity index (χ4n) is 2.27. The van der Waals surface area contributed by atoms with E-state index in [1.54, 1.807) is 0 Å². The van der Waals surface area contributed by atoms with Gasteiger partial charge in [0.05, 0.1) is 17.9 Å². The van der Waals surface area contributed by atoms with Crippen LogP contribution in [0.1, 0.15) is 36.5 Å². The van der Waals surface area contributed by atoms with E-state index in [9.17, 15) is 0 Å². The van der Waals surface area contributed by atoms with Gasteiger partial charge in [0.1, 0.15) is 0 Å². The summed E-state index contributed by atoms with van der Waals surface area (Å²) in [7, 11) is 0. The lowest BCUT2D eigenvalue weighted by molar-refractivity contribution is 0.550. The third-order valence-electron chi connectivity index (χ3n) is 3.42. The third-order valence-corrected chi connectivity index (χ3v) is 3.42. The lowest BCUT2D eigenvalue weighted by atomic mass is 10.1. The molecule has 0 aliphatic rings. The second-order valence-corrected chi connectivity index (χ2v) is 5.65. The summed E-state index contributed by atoms with van der Waals surface area (Å²) in [6.07, 6.45) is 1.83. The third kappa shape index (κ3) is 3.67. The number of pyridine rings is 1. The molecule has 0 radical (unpaired) electrons. The molecule has 0 amide bonds. The van der Waals surface area contributed by atoms with E-state index in [1.807, 2.05) is 29.1 Å². The van der Waals surface area contributed by atoms with Gasteiger partial charge in [-0.2, -0.15) is 5.10 Å². The van der Waals surface area contributed by atoms with E-state index in [0.717, 1.165) is 31.0 Å². The molecule has 108 valence electrons. The van der Waals surface area contributed by atoms with Gasteiger partial charge in [-0.15, -0.1) is 0 Å². The van der Waals surface area contributed by atoms with Crippen molar-refractivity contribution in [1.82, 2.24) is 20.1 Å². The van der Waals surface area contributed by atoms with Gasteiger partial charge < -0.3 is 5.32 Å². The summed E-state index contributed by atoms with van der Waals surface area (Å²) >= 11 is 0. The van der Waals surface area contributed by atoms with Crippen LogP contribution in [0, 0.1) is 19.8 Å². The first-order valence-corrected chi connectivity index (χ1v) is 7.21. The van der Waals surface area contributed by atoms with Gasteiger partial charge in [0, 0.05) is 24.0 Å². The van der Waals surface area contributed by atoms with Crippen LogP contribution in [-0.4, -0.2) is 21.3 Å². The molecule has 0 fully saturated rings. The van der Waals surface area contributed by atoms with E-state index >= 15 is 0 Å². The number of nitrogens with zero attached hydrogens (tertiary/aromatic N) is 3. The molecule has 2 heterocycles. The zero-order valence-electron chi connectivity index (χ0n) is 12.8. The van der Waals surface area contributed by atoms with Gasteiger partial charge >= 0.3 is 0 Å². The number of nitrogens with one attached hydrogen (secondary N) is 1. The van der Waals surface area contributed by atoms with Gasteiger partial charge in [-0.3, -0.25) is 9.67 Å². The van der Waals surface area contributed by atoms with Crippen LogP contribution in [0.2, 0.25) is 0 Å². The molecule has 2 aromatic rings. The Bertz CT molecular complexity index is 543. The van der Waals surface area contributed by atoms with Gasteiger partial charge in [-0.05, 0) is 38.4 Å². The molecule has 0 unspecified atom stereocenters. The highest BCUT2D eigenvalue weighted by atomic mass is 15.3. The predicted octanol–water partition coefficient (Wildman–Crippen LogP) is 2.69. The van der Waals surface area contributed by atoms with E-state index < -0.39 is 0 Å². The fraction of sp³-hybridized carbons (Fsp3) is 0.500. The average Bonchev–Trinajstić information content (AvgIpc) is 2.67. The standard InChI is InChI=1S/C16H24N4/c1-12(2)9-17-10-16-13(3)19-20(14(16)4)11-15-7-5-6-8-18-15/h5-8,12,17H,9-11H2,1-4H3. The Kier molecular flexibility index (Phi) is 4.90. The Morgan fingerprint density at radius 1 is 1.25 bits per heavy atom. The van der Waals surface area contributed by atoms with E-state index in [0.29, 0.717) is 5.92 Å². The van der Waals surface area contributed by atoms with Crippen molar-refractivity contribution in [3.05, 3.63) is 47.0 Å². The van der Waals surface area contributed by atoms with Gasteiger partial charge in [0.25, 0.3) is 0 Å². The first-order valence-electron chi connectivity index (χ1n) is 7.21. The normalized spacial score (nSPS) is 11.2. The van der Waals surface area contributed by atoms with Gasteiger partial charge in [-0.1, -0.05) is 19.9 Å². The summed E-state index contributed by atoms with van der Waals surface area (Å²) in [4.78, 5) is 4.36. The molecular weight excluding hydrogens is 248 g/mol. The molecule has 0 aliphatic carbocycles. The summed E-state index contributed by atoms with van der Waals surface area (Å²) in [6, 6.07) is 5.98. The highest BCUT2D eigenvalue weighted by Crippen LogP contribution is 2.14. The molecule has 2 aromatic heterocycles. The van der Waals surface area contributed by atoms with Crippen molar-refractivity contribution in [2.75, 3.05) is 6.54 Å². The average molecular weight is 272 g/mol. The van der Waals surface area contributed by atoms with E-state index in [4.69, 9.17) is 0 Å². The van der Waals surface area contributed by atoms with Gasteiger partial charge in [-0.25, -0.2) is 0 Å². The summed E-state index contributed by atoms with van der Waals surface area (Å²) in [6.45, 7) is 11.3. The van der Waals surface area contributed by atoms with E-state index in [2.05, 4.69) is 43.1 Å². The molecule has 20 heavy (non-hydrogen) atoms. The van der Waals surface area contributed by atoms with Crippen molar-refractivity contribution in [3.63, 3.8) is 0 Å². The monoisotopic (exact) mass is 272 g/mol. The van der Waals surface area contributed by atoms with Crippen LogP contribution in [0.3, 0.4) is 0 Å². The van der Waals surface area contributed by atoms with Crippen molar-refractivity contribution >= 4 is 0 Å². The summed E-state index contributed by atoms with van der Waals surface area (Å²) in [5, 5.41) is 8.13. The molecule has 4 heteroatoms. The minimum absolute atomic E-state index is 0.666. The quantitative estimate of drug-likeness (QED) is 0.879. The van der Waals surface area contributed by atoms with Crippen molar-refractivity contribution in [2.24, 2.45) is 5.92 Å². The maximum absolute atomic E-state index is 4.64. The van der Waals surface area contributed by atoms with Crippen molar-refractivity contribution < 1.29 is 0 Å². The second kappa shape index (κ2) is 6.66. The molecule has 0 bridgehead atoms. The maximum atomic E-state index is 4.64. The van der Waals surface area contributed by atoms with Crippen LogP contribution in [-0.2, 0) is 13.1 Å². The fourth-order valence-corrected chi connectivity index (χ4v) is 2.27. The Hall–Kier alpha value is -1.68. The smallest absolute Gasteiger partial charge is 0.0834 e. The lowest BCUT2D eigenvalue weighted by Crippen LogP contribution is -2.19. The number of aryl methyl sites for hydroxylation is 1. The maximum Gasteiger partial charge on any atom is 0.0834 e. The van der Waals surface area contributed by atoms with Crippen LogP contribution in [0.5, 0.6) is 0 Å². The largest absolute Gasteiger partial charge is 0.312 e. The highest BCUT2D eigenvalue weighted by molar-refractivity contribution is 5.25. The number of hydrogen-bond donors (Lipinski definition) is 1. The first kappa shape index (κ1) is 14.7. The molecule has 4 nitrogen and oxygen atoms in total. The Morgan fingerprint density at radius 3 is 2.70 bits per heavy atom. The zero-order valence-corrected chi connectivity index (χ0v) is 12.8. The molecule has 0 aromatic carbocycles. The van der Waals surface area contributed by atoms with Crippen LogP contribution in [0.25, 0.3) is 0 Å². The molecule has 0 atom stereocenters. The number of rotatable bonds is 6. The van der Waals surface area contributed by atoms with Crippen LogP contribution < -0.4 is 5.32 Å². The SMILES string of the molecule is Cc1nn(Cc2ccccn2)c(C)c1CNCC(C)C. The molecule has 0 spiro atoms. The summed E-state index contributed by atoms with van der Waals surface area (Å²) in [5.74, 6) is 0.666. The number of hydrogen-bond acceptors (Lipinski definition) is 3. The Labute approximate surface area is 121 Å². The first-order chi connectivity index (χ1) is 9.58. The Morgan fingerprint density at radius 2 is 2.05 bits per heavy atom. The zero-order chi connectivity index (χ0) is 14.5. The van der Waals surface area contributed by atoms with Crippen molar-refractivity contribution in [3.8, 4) is 0 Å². The molecule has 0 saturated carbocycles. The minimum atomic E-state index is 0.666. The summed E-state index contributed by atoms with van der Waals surface area (Å²) < 4.78 is 2.05. The van der Waals surface area contributed by atoms with E-state index in [-0.39, 0.29) is 0 Å². The highest BCUT2D eigenvalue weighted by Gasteiger charge is 2.11. The minimum Gasteiger partial charge on any atom is -0.312 e. The van der Waals surface area contributed by atoms with Crippen molar-refractivity contribution in [2.45, 2.75) is 40.8 Å². The predicted molar refractivity (Wildman–Crippen MR) is 81.6 cm³/mol. The second-order valence-electron chi connectivity index (χ2n) is 5.65. The topological polar surface area (TPSA) is 42.7 Å². The van der Waals surface area contributed by atoms with Gasteiger partial charge in [0.2, 0.25) is 0 Å². The molecule has 0 saturated heterocycles. The molecular formula is C16H24N4. The molecule has 2 rings (SSSR count). The van der Waals surface area contributed by atoms with Crippen LogP contribution in [0.15, 0.2) is 24.4 Å². The summed E-state index contributed by atoms with van der Waals surface area (Å²) in [5.41, 5.74) is 4.68. The van der Waals surface area contributed by atoms with E-state index in [1.165, 1.54) is 11.3 Å². The van der Waals surface area contributed by atoms with Gasteiger partial charge in [0.15, 0.2) is 0 Å². The number of aromatic nitrogens is 3. The Balaban J connectivity index is 2.08. The van der Waals surface area contributed by atoms with Crippen molar-refractivity contribution in [1.29, 1.82) is 0 Å². The molecule has 1 N–H and O–H groups in total. The molecule has 0 aliphatic heterocycles. The lowest BCUT2D eigenvalue weighted by Gasteiger charge is -2.08.